The normalized spacial score (nSPS) is 15.2. The number of hydrogen-bond donors (Lipinski definition) is 1. The summed E-state index contributed by atoms with van der Waals surface area (Å²) in [6.45, 7) is 0. The molecule has 1 aliphatic heterocycles. The molecule has 1 atom stereocenters. The zero-order chi connectivity index (χ0) is 23.4. The van der Waals surface area contributed by atoms with Crippen LogP contribution < -0.4 is 15.1 Å². The number of halogens is 3. The number of ether oxygens (including phenoxy) is 1. The largest absolute Gasteiger partial charge is 0.503 e. The number of pyridine rings is 1. The third-order valence-corrected chi connectivity index (χ3v) is 6.44. The Balaban J connectivity index is 1.84. The first-order valence-corrected chi connectivity index (χ1v) is 11.1. The maximum absolute atomic E-state index is 13.6. The molecule has 1 aliphatic rings. The van der Waals surface area contributed by atoms with Crippen molar-refractivity contribution in [3.8, 4) is 11.5 Å². The molecule has 7 nitrogen and oxygen atoms in total. The molecule has 10 heteroatoms. The lowest BCUT2D eigenvalue weighted by atomic mass is 9.98. The highest BCUT2D eigenvalue weighted by molar-refractivity contribution is 9.10. The molecular weight excluding hydrogens is 535 g/mol. The minimum Gasteiger partial charge on any atom is -0.503 e. The topological polar surface area (TPSA) is 92.9 Å². The Morgan fingerprint density at radius 2 is 1.88 bits per heavy atom. The molecule has 2 aromatic carbocycles. The van der Waals surface area contributed by atoms with Gasteiger partial charge >= 0.3 is 0 Å². The van der Waals surface area contributed by atoms with E-state index in [1.807, 2.05) is 0 Å². The van der Waals surface area contributed by atoms with Crippen molar-refractivity contribution >= 4 is 61.8 Å². The molecule has 4 aromatic rings. The zero-order valence-corrected chi connectivity index (χ0v) is 19.9. The highest BCUT2D eigenvalue weighted by Crippen LogP contribution is 2.45. The van der Waals surface area contributed by atoms with E-state index in [1.54, 1.807) is 36.4 Å². The number of phenolic OH excluding ortho intramolecular Hbond substituents is 1. The molecule has 33 heavy (non-hydrogen) atoms. The molecule has 1 amide bonds. The number of carbonyl (C=O) groups excluding carboxylic acids is 1. The maximum atomic E-state index is 13.6. The van der Waals surface area contributed by atoms with Crippen LogP contribution in [0.5, 0.6) is 11.5 Å². The lowest BCUT2D eigenvalue weighted by Crippen LogP contribution is -2.30. The number of phenols is 1. The zero-order valence-electron chi connectivity index (χ0n) is 16.8. The summed E-state index contributed by atoms with van der Waals surface area (Å²) in [4.78, 5) is 32.8. The second kappa shape index (κ2) is 8.06. The summed E-state index contributed by atoms with van der Waals surface area (Å²) in [6, 6.07) is 10.0. The van der Waals surface area contributed by atoms with Gasteiger partial charge in [0.25, 0.3) is 5.91 Å². The highest BCUT2D eigenvalue weighted by atomic mass is 79.9. The van der Waals surface area contributed by atoms with Crippen LogP contribution in [0.15, 0.2) is 62.3 Å². The van der Waals surface area contributed by atoms with E-state index in [9.17, 15) is 14.7 Å². The number of anilines is 1. The van der Waals surface area contributed by atoms with E-state index in [2.05, 4.69) is 20.9 Å². The van der Waals surface area contributed by atoms with Crippen LogP contribution in [0.3, 0.4) is 0 Å². The van der Waals surface area contributed by atoms with Crippen LogP contribution in [-0.2, 0) is 0 Å². The van der Waals surface area contributed by atoms with Crippen LogP contribution in [-0.4, -0.2) is 23.1 Å². The SMILES string of the molecule is COc1cc(C2c3c(oc4ccc(Cl)cc4c3=O)C(=O)N2c2ccc(Cl)cn2)cc(Br)c1O. The fourth-order valence-electron chi connectivity index (χ4n) is 3.91. The van der Waals surface area contributed by atoms with E-state index in [-0.39, 0.29) is 39.6 Å². The number of nitrogens with zero attached hydrogens (tertiary/aromatic N) is 2. The first-order valence-electron chi connectivity index (χ1n) is 9.58. The fraction of sp³-hybridized carbons (Fsp3) is 0.0870. The number of aromatic nitrogens is 1. The van der Waals surface area contributed by atoms with Gasteiger partial charge in [-0.3, -0.25) is 14.5 Å². The Morgan fingerprint density at radius 1 is 1.12 bits per heavy atom. The van der Waals surface area contributed by atoms with Gasteiger partial charge in [0.1, 0.15) is 11.4 Å². The minimum atomic E-state index is -0.911. The summed E-state index contributed by atoms with van der Waals surface area (Å²) < 4.78 is 11.5. The Kier molecular flexibility index (Phi) is 5.31. The summed E-state index contributed by atoms with van der Waals surface area (Å²) in [5.41, 5.74) is 0.470. The number of rotatable bonds is 3. The van der Waals surface area contributed by atoms with E-state index in [1.165, 1.54) is 24.3 Å². The monoisotopic (exact) mass is 546 g/mol. The molecule has 0 spiro atoms. The second-order valence-corrected chi connectivity index (χ2v) is 9.01. The van der Waals surface area contributed by atoms with Crippen molar-refractivity contribution in [1.29, 1.82) is 0 Å². The number of aromatic hydroxyl groups is 1. The quantitative estimate of drug-likeness (QED) is 0.352. The van der Waals surface area contributed by atoms with E-state index < -0.39 is 17.4 Å². The van der Waals surface area contributed by atoms with Gasteiger partial charge in [-0.1, -0.05) is 23.2 Å². The maximum Gasteiger partial charge on any atom is 0.296 e. The van der Waals surface area contributed by atoms with Crippen LogP contribution in [0.2, 0.25) is 10.0 Å². The Labute approximate surface area is 205 Å². The highest BCUT2D eigenvalue weighted by Gasteiger charge is 2.44. The van der Waals surface area contributed by atoms with Crippen LogP contribution in [0.1, 0.15) is 27.7 Å². The van der Waals surface area contributed by atoms with Gasteiger partial charge in [0.05, 0.1) is 33.6 Å². The van der Waals surface area contributed by atoms with Crippen molar-refractivity contribution in [1.82, 2.24) is 4.98 Å². The molecule has 0 bridgehead atoms. The summed E-state index contributed by atoms with van der Waals surface area (Å²) in [7, 11) is 1.40. The summed E-state index contributed by atoms with van der Waals surface area (Å²) in [5.74, 6) is -0.316. The predicted molar refractivity (Wildman–Crippen MR) is 128 cm³/mol. The average Bonchev–Trinajstić information content (AvgIpc) is 3.09. The van der Waals surface area contributed by atoms with E-state index in [4.69, 9.17) is 32.4 Å². The molecule has 0 saturated carbocycles. The fourth-order valence-corrected chi connectivity index (χ4v) is 4.66. The predicted octanol–water partition coefficient (Wildman–Crippen LogP) is 5.72. The Morgan fingerprint density at radius 3 is 2.58 bits per heavy atom. The van der Waals surface area contributed by atoms with Gasteiger partial charge in [-0.15, -0.1) is 0 Å². The standard InChI is InChI=1S/C23H13BrCl2N2O5/c1-32-16-7-10(6-14(24)21(16)30)19-18-20(29)13-8-11(25)2-4-15(13)33-22(18)23(31)28(19)17-5-3-12(26)9-27-17/h2-9,19,30H,1H3. The van der Waals surface area contributed by atoms with Crippen molar-refractivity contribution in [2.75, 3.05) is 12.0 Å². The third-order valence-electron chi connectivity index (χ3n) is 5.38. The molecule has 1 unspecified atom stereocenters. The lowest BCUT2D eigenvalue weighted by Gasteiger charge is -2.25. The van der Waals surface area contributed by atoms with Crippen molar-refractivity contribution in [2.24, 2.45) is 0 Å². The second-order valence-electron chi connectivity index (χ2n) is 7.28. The van der Waals surface area contributed by atoms with Gasteiger partial charge in [0.2, 0.25) is 5.76 Å². The summed E-state index contributed by atoms with van der Waals surface area (Å²) in [6.07, 6.45) is 1.41. The molecule has 0 fully saturated rings. The third kappa shape index (κ3) is 3.45. The number of amides is 1. The number of fused-ring (bicyclic) bond motifs is 2. The van der Waals surface area contributed by atoms with Crippen molar-refractivity contribution in [2.45, 2.75) is 6.04 Å². The van der Waals surface area contributed by atoms with E-state index >= 15 is 0 Å². The Hall–Kier alpha value is -3.07. The Bertz CT molecular complexity index is 1500. The molecule has 1 N–H and O–H groups in total. The number of methoxy groups -OCH3 is 1. The lowest BCUT2D eigenvalue weighted by molar-refractivity contribution is 0.0970. The molecule has 0 saturated heterocycles. The van der Waals surface area contributed by atoms with Gasteiger partial charge in [-0.2, -0.15) is 0 Å². The molecule has 0 radical (unpaired) electrons. The van der Waals surface area contributed by atoms with Crippen molar-refractivity contribution in [3.05, 3.63) is 90.3 Å². The van der Waals surface area contributed by atoms with Gasteiger partial charge in [-0.05, 0) is 64.0 Å². The van der Waals surface area contributed by atoms with Crippen LogP contribution in [0.4, 0.5) is 5.82 Å². The molecule has 166 valence electrons. The number of hydrogen-bond acceptors (Lipinski definition) is 6. The summed E-state index contributed by atoms with van der Waals surface area (Å²) >= 11 is 15.4. The van der Waals surface area contributed by atoms with Crippen molar-refractivity contribution < 1.29 is 19.1 Å². The smallest absolute Gasteiger partial charge is 0.296 e. The molecule has 2 aromatic heterocycles. The van der Waals surface area contributed by atoms with Gasteiger partial charge in [0, 0.05) is 11.2 Å². The van der Waals surface area contributed by atoms with E-state index in [0.29, 0.717) is 20.1 Å². The molecule has 5 rings (SSSR count). The van der Waals surface area contributed by atoms with Crippen LogP contribution >= 0.6 is 39.1 Å². The minimum absolute atomic E-state index is 0.0975. The number of carbonyl (C=O) groups is 1. The molecule has 3 heterocycles. The first-order chi connectivity index (χ1) is 15.8. The van der Waals surface area contributed by atoms with Gasteiger partial charge in [0.15, 0.2) is 16.9 Å². The average molecular weight is 548 g/mol. The number of benzene rings is 2. The van der Waals surface area contributed by atoms with E-state index in [0.717, 1.165) is 0 Å². The van der Waals surface area contributed by atoms with Crippen LogP contribution in [0, 0.1) is 0 Å². The first kappa shape index (κ1) is 21.8. The van der Waals surface area contributed by atoms with Crippen molar-refractivity contribution in [3.63, 3.8) is 0 Å². The molecular formula is C23H13BrCl2N2O5. The van der Waals surface area contributed by atoms with Crippen LogP contribution in [0.25, 0.3) is 11.0 Å². The van der Waals surface area contributed by atoms with Gasteiger partial charge < -0.3 is 14.3 Å². The summed E-state index contributed by atoms with van der Waals surface area (Å²) in [5, 5.41) is 11.3. The van der Waals surface area contributed by atoms with Gasteiger partial charge in [-0.25, -0.2) is 4.98 Å². The molecule has 0 aliphatic carbocycles.